The molecule has 0 aromatic heterocycles. The number of urea groups is 1. The van der Waals surface area contributed by atoms with Crippen LogP contribution >= 0.6 is 0 Å². The number of hydrogen-bond donors (Lipinski definition) is 3. The summed E-state index contributed by atoms with van der Waals surface area (Å²) in [7, 11) is 1.47. The summed E-state index contributed by atoms with van der Waals surface area (Å²) in [5, 5.41) is 13.3. The Morgan fingerprint density at radius 3 is 2.31 bits per heavy atom. The number of nitrogens with zero attached hydrogens (tertiary/aromatic N) is 1. The van der Waals surface area contributed by atoms with Gasteiger partial charge in [-0.05, 0) is 13.8 Å². The van der Waals surface area contributed by atoms with Gasteiger partial charge in [-0.1, -0.05) is 0 Å². The van der Waals surface area contributed by atoms with Gasteiger partial charge in [0, 0.05) is 13.6 Å². The maximum Gasteiger partial charge on any atom is 0.325 e. The Hall–Kier alpha value is -1.79. The van der Waals surface area contributed by atoms with Crippen LogP contribution in [-0.4, -0.2) is 54.1 Å². The van der Waals surface area contributed by atoms with Crippen molar-refractivity contribution in [2.24, 2.45) is 0 Å². The van der Waals surface area contributed by atoms with Gasteiger partial charge in [0.1, 0.15) is 12.6 Å². The minimum Gasteiger partial charge on any atom is -0.480 e. The molecule has 0 aromatic carbocycles. The van der Waals surface area contributed by atoms with E-state index in [2.05, 4.69) is 10.6 Å². The molecule has 0 bridgehead atoms. The van der Waals surface area contributed by atoms with Gasteiger partial charge in [0.05, 0.1) is 0 Å². The minimum atomic E-state index is -1.12. The van der Waals surface area contributed by atoms with Crippen molar-refractivity contribution in [1.29, 1.82) is 0 Å². The van der Waals surface area contributed by atoms with Gasteiger partial charge in [-0.3, -0.25) is 9.59 Å². The van der Waals surface area contributed by atoms with Gasteiger partial charge in [-0.15, -0.1) is 0 Å². The molecular weight excluding hydrogens is 214 g/mol. The summed E-state index contributed by atoms with van der Waals surface area (Å²) in [6, 6.07) is -1.55. The number of carbonyl (C=O) groups excluding carboxylic acids is 2. The van der Waals surface area contributed by atoms with E-state index in [9.17, 15) is 14.4 Å². The Kier molecular flexibility index (Phi) is 5.91. The van der Waals surface area contributed by atoms with Crippen molar-refractivity contribution >= 4 is 17.9 Å². The molecule has 7 heteroatoms. The van der Waals surface area contributed by atoms with Crippen LogP contribution in [0, 0.1) is 0 Å². The van der Waals surface area contributed by atoms with E-state index in [0.717, 1.165) is 0 Å². The second kappa shape index (κ2) is 6.65. The van der Waals surface area contributed by atoms with Crippen molar-refractivity contribution in [3.63, 3.8) is 0 Å². The Morgan fingerprint density at radius 1 is 1.38 bits per heavy atom. The zero-order chi connectivity index (χ0) is 12.7. The Bertz CT molecular complexity index is 280. The van der Waals surface area contributed by atoms with E-state index in [1.165, 1.54) is 18.9 Å². The molecule has 92 valence electrons. The van der Waals surface area contributed by atoms with Crippen LogP contribution in [0.2, 0.25) is 0 Å². The van der Waals surface area contributed by atoms with Crippen molar-refractivity contribution in [3.8, 4) is 0 Å². The predicted octanol–water partition coefficient (Wildman–Crippen LogP) is -0.763. The van der Waals surface area contributed by atoms with Crippen LogP contribution in [0.1, 0.15) is 13.8 Å². The highest BCUT2D eigenvalue weighted by molar-refractivity contribution is 5.86. The van der Waals surface area contributed by atoms with E-state index in [1.807, 2.05) is 0 Å². The molecule has 0 heterocycles. The Balaban J connectivity index is 4.31. The number of rotatable bonds is 5. The zero-order valence-corrected chi connectivity index (χ0v) is 9.61. The number of carboxylic acids is 1. The van der Waals surface area contributed by atoms with Crippen molar-refractivity contribution in [1.82, 2.24) is 15.5 Å². The van der Waals surface area contributed by atoms with Gasteiger partial charge >= 0.3 is 12.0 Å². The number of likely N-dealkylation sites (N-methyl/N-ethyl adjacent to an activating group) is 2. The zero-order valence-electron chi connectivity index (χ0n) is 9.61. The molecule has 0 rings (SSSR count). The van der Waals surface area contributed by atoms with Crippen LogP contribution in [0.15, 0.2) is 0 Å². The monoisotopic (exact) mass is 231 g/mol. The molecule has 0 saturated carbocycles. The second-order valence-electron chi connectivity index (χ2n) is 3.20. The maximum atomic E-state index is 11.5. The van der Waals surface area contributed by atoms with Crippen LogP contribution in [0.25, 0.3) is 0 Å². The molecular formula is C9H17N3O4. The van der Waals surface area contributed by atoms with Gasteiger partial charge in [-0.2, -0.15) is 0 Å². The fourth-order valence-electron chi connectivity index (χ4n) is 0.918. The molecule has 0 fully saturated rings. The molecule has 7 nitrogen and oxygen atoms in total. The van der Waals surface area contributed by atoms with Crippen molar-refractivity contribution in [2.45, 2.75) is 19.9 Å². The van der Waals surface area contributed by atoms with Gasteiger partial charge in [-0.25, -0.2) is 4.79 Å². The van der Waals surface area contributed by atoms with Gasteiger partial charge in [0.2, 0.25) is 5.91 Å². The third-order valence-electron chi connectivity index (χ3n) is 1.99. The number of carboxylic acid groups (broad SMARTS) is 1. The number of carbonyl (C=O) groups is 3. The maximum absolute atomic E-state index is 11.5. The lowest BCUT2D eigenvalue weighted by atomic mass is 10.3. The van der Waals surface area contributed by atoms with Gasteiger partial charge < -0.3 is 20.6 Å². The summed E-state index contributed by atoms with van der Waals surface area (Å²) in [4.78, 5) is 34.3. The smallest absolute Gasteiger partial charge is 0.325 e. The third kappa shape index (κ3) is 4.63. The first-order chi connectivity index (χ1) is 7.42. The molecule has 1 atom stereocenters. The molecule has 0 saturated heterocycles. The molecule has 0 spiro atoms. The molecule has 3 amide bonds. The lowest BCUT2D eigenvalue weighted by molar-refractivity contribution is -0.138. The van der Waals surface area contributed by atoms with E-state index >= 15 is 0 Å². The molecule has 0 aliphatic carbocycles. The summed E-state index contributed by atoms with van der Waals surface area (Å²) in [6.07, 6.45) is 0. The predicted molar refractivity (Wildman–Crippen MR) is 56.9 cm³/mol. The summed E-state index contributed by atoms with van der Waals surface area (Å²) in [5.41, 5.74) is 0. The number of aliphatic carboxylic acids is 1. The number of amides is 3. The summed E-state index contributed by atoms with van der Waals surface area (Å²) < 4.78 is 0. The quantitative estimate of drug-likeness (QED) is 0.579. The van der Waals surface area contributed by atoms with E-state index in [4.69, 9.17) is 5.11 Å². The molecule has 0 aliphatic rings. The second-order valence-corrected chi connectivity index (χ2v) is 3.20. The molecule has 0 aromatic rings. The van der Waals surface area contributed by atoms with Crippen LogP contribution in [0.3, 0.4) is 0 Å². The summed E-state index contributed by atoms with van der Waals surface area (Å²) >= 11 is 0. The first-order valence-electron chi connectivity index (χ1n) is 4.91. The van der Waals surface area contributed by atoms with Gasteiger partial charge in [0.25, 0.3) is 0 Å². The number of hydrogen-bond acceptors (Lipinski definition) is 3. The van der Waals surface area contributed by atoms with Crippen molar-refractivity contribution in [2.75, 3.05) is 20.1 Å². The molecule has 16 heavy (non-hydrogen) atoms. The third-order valence-corrected chi connectivity index (χ3v) is 1.99. The first kappa shape index (κ1) is 14.2. The van der Waals surface area contributed by atoms with Crippen LogP contribution in [0.4, 0.5) is 4.79 Å². The minimum absolute atomic E-state index is 0.0921. The largest absolute Gasteiger partial charge is 0.480 e. The normalized spacial score (nSPS) is 11.4. The topological polar surface area (TPSA) is 98.7 Å². The standard InChI is InChI=1S/C9H17N3O4/c1-4-12(5-7(13)10-3)9(16)11-6(2)8(14)15/h6H,4-5H2,1-3H3,(H,10,13)(H,11,16)(H,14,15)/t6-/m1/s1. The SMILES string of the molecule is CCN(CC(=O)NC)C(=O)N[C@H](C)C(=O)O. The van der Waals surface area contributed by atoms with Gasteiger partial charge in [0.15, 0.2) is 0 Å². The fourth-order valence-corrected chi connectivity index (χ4v) is 0.918. The first-order valence-corrected chi connectivity index (χ1v) is 4.91. The highest BCUT2D eigenvalue weighted by Gasteiger charge is 2.19. The van der Waals surface area contributed by atoms with Crippen LogP contribution < -0.4 is 10.6 Å². The number of nitrogens with one attached hydrogen (secondary N) is 2. The van der Waals surface area contributed by atoms with Crippen molar-refractivity contribution in [3.05, 3.63) is 0 Å². The molecule has 3 N–H and O–H groups in total. The highest BCUT2D eigenvalue weighted by Crippen LogP contribution is 1.91. The Labute approximate surface area is 93.8 Å². The average Bonchev–Trinajstić information content (AvgIpc) is 2.24. The lowest BCUT2D eigenvalue weighted by Gasteiger charge is -2.21. The van der Waals surface area contributed by atoms with E-state index in [-0.39, 0.29) is 12.5 Å². The Morgan fingerprint density at radius 2 is 1.94 bits per heavy atom. The van der Waals surface area contributed by atoms with E-state index in [1.54, 1.807) is 6.92 Å². The van der Waals surface area contributed by atoms with E-state index in [0.29, 0.717) is 6.54 Å². The summed E-state index contributed by atoms with van der Waals surface area (Å²) in [6.45, 7) is 3.29. The highest BCUT2D eigenvalue weighted by atomic mass is 16.4. The summed E-state index contributed by atoms with van der Waals surface area (Å²) in [5.74, 6) is -1.43. The van der Waals surface area contributed by atoms with Crippen LogP contribution in [-0.2, 0) is 9.59 Å². The molecule has 0 unspecified atom stereocenters. The van der Waals surface area contributed by atoms with Crippen LogP contribution in [0.5, 0.6) is 0 Å². The van der Waals surface area contributed by atoms with E-state index < -0.39 is 18.0 Å². The molecule has 0 aliphatic heterocycles. The van der Waals surface area contributed by atoms with Crippen molar-refractivity contribution < 1.29 is 19.5 Å². The molecule has 0 radical (unpaired) electrons. The average molecular weight is 231 g/mol. The lowest BCUT2D eigenvalue weighted by Crippen LogP contribution is -2.49. The fraction of sp³-hybridized carbons (Fsp3) is 0.667.